The largest absolute Gasteiger partial charge is 0.504 e. The normalized spacial score (nSPS) is 21.3. The Bertz CT molecular complexity index is 892. The molecule has 1 saturated heterocycles. The molecule has 0 radical (unpaired) electrons. The molecule has 0 aliphatic carbocycles. The minimum Gasteiger partial charge on any atom is -0.504 e. The molecule has 1 N–H and O–H groups in total. The molecule has 2 aromatic rings. The van der Waals surface area contributed by atoms with E-state index < -0.39 is 0 Å². The zero-order valence-electron chi connectivity index (χ0n) is 15.4. The molecule has 140 valence electrons. The van der Waals surface area contributed by atoms with Crippen molar-refractivity contribution < 1.29 is 19.4 Å². The second-order valence-corrected chi connectivity index (χ2v) is 7.07. The summed E-state index contributed by atoms with van der Waals surface area (Å²) >= 11 is 0. The van der Waals surface area contributed by atoms with Crippen LogP contribution in [0.4, 0.5) is 0 Å². The van der Waals surface area contributed by atoms with Gasteiger partial charge in [-0.15, -0.1) is 0 Å². The first kappa shape index (κ1) is 17.5. The number of methoxy groups -OCH3 is 1. The molecule has 5 heteroatoms. The van der Waals surface area contributed by atoms with Crippen molar-refractivity contribution in [2.24, 2.45) is 0 Å². The third-order valence-electron chi connectivity index (χ3n) is 5.35. The Balaban J connectivity index is 1.50. The fourth-order valence-corrected chi connectivity index (χ4v) is 3.80. The van der Waals surface area contributed by atoms with Gasteiger partial charge in [0.2, 0.25) is 0 Å². The van der Waals surface area contributed by atoms with Crippen LogP contribution in [-0.4, -0.2) is 41.7 Å². The van der Waals surface area contributed by atoms with Crippen LogP contribution < -0.4 is 9.47 Å². The van der Waals surface area contributed by atoms with Crippen LogP contribution in [0.15, 0.2) is 48.5 Å². The lowest BCUT2D eigenvalue weighted by molar-refractivity contribution is 0.0730. The highest BCUT2D eigenvalue weighted by molar-refractivity contribution is 5.95. The van der Waals surface area contributed by atoms with E-state index in [0.717, 1.165) is 30.6 Å². The van der Waals surface area contributed by atoms with Gasteiger partial charge in [-0.05, 0) is 43.2 Å². The van der Waals surface area contributed by atoms with Gasteiger partial charge in [0.25, 0.3) is 5.91 Å². The van der Waals surface area contributed by atoms with E-state index in [1.54, 1.807) is 12.1 Å². The van der Waals surface area contributed by atoms with E-state index >= 15 is 0 Å². The summed E-state index contributed by atoms with van der Waals surface area (Å²) in [4.78, 5) is 14.8. The number of likely N-dealkylation sites (tertiary alicyclic amines) is 1. The molecule has 2 heterocycles. The Labute approximate surface area is 158 Å². The predicted octanol–water partition coefficient (Wildman–Crippen LogP) is 3.87. The molecule has 2 aliphatic heterocycles. The molecule has 0 unspecified atom stereocenters. The number of hydrogen-bond donors (Lipinski definition) is 1. The van der Waals surface area contributed by atoms with Crippen LogP contribution in [0.5, 0.6) is 17.2 Å². The standard InChI is InChI=1S/C22H23NO4/c1-26-20-15-17(7-8-18(20)24)21(25)23-13-4-10-22(12-14-23)11-9-16-5-2-3-6-19(16)27-22/h2-3,5-9,11,15,24H,4,10,12-14H2,1H3/t22-/m1/s1. The molecule has 2 aromatic carbocycles. The van der Waals surface area contributed by atoms with Gasteiger partial charge in [-0.1, -0.05) is 24.3 Å². The van der Waals surface area contributed by atoms with E-state index in [1.165, 1.54) is 13.2 Å². The van der Waals surface area contributed by atoms with Gasteiger partial charge in [0.1, 0.15) is 11.4 Å². The van der Waals surface area contributed by atoms with Crippen LogP contribution in [-0.2, 0) is 0 Å². The Hall–Kier alpha value is -2.95. The first-order valence-electron chi connectivity index (χ1n) is 9.24. The topological polar surface area (TPSA) is 59.0 Å². The lowest BCUT2D eigenvalue weighted by Gasteiger charge is -2.34. The average molecular weight is 365 g/mol. The van der Waals surface area contributed by atoms with Crippen molar-refractivity contribution in [2.75, 3.05) is 20.2 Å². The van der Waals surface area contributed by atoms with Crippen molar-refractivity contribution in [3.8, 4) is 17.2 Å². The number of nitrogens with zero attached hydrogens (tertiary/aromatic N) is 1. The molecule has 1 amide bonds. The third kappa shape index (κ3) is 3.37. The van der Waals surface area contributed by atoms with Crippen molar-refractivity contribution in [3.05, 3.63) is 59.7 Å². The van der Waals surface area contributed by atoms with E-state index in [9.17, 15) is 9.90 Å². The maximum Gasteiger partial charge on any atom is 0.253 e. The second kappa shape index (κ2) is 6.99. The van der Waals surface area contributed by atoms with E-state index in [2.05, 4.69) is 12.2 Å². The summed E-state index contributed by atoms with van der Waals surface area (Å²) in [5.74, 6) is 1.19. The summed E-state index contributed by atoms with van der Waals surface area (Å²) < 4.78 is 11.5. The van der Waals surface area contributed by atoms with Gasteiger partial charge in [-0.25, -0.2) is 0 Å². The predicted molar refractivity (Wildman–Crippen MR) is 103 cm³/mol. The number of carbonyl (C=O) groups excluding carboxylic acids is 1. The van der Waals surface area contributed by atoms with Gasteiger partial charge in [0.15, 0.2) is 11.5 Å². The number of benzene rings is 2. The molecular weight excluding hydrogens is 342 g/mol. The van der Waals surface area contributed by atoms with Crippen LogP contribution >= 0.6 is 0 Å². The summed E-state index contributed by atoms with van der Waals surface area (Å²) in [5, 5.41) is 9.74. The first-order chi connectivity index (χ1) is 13.1. The van der Waals surface area contributed by atoms with Crippen LogP contribution in [0.3, 0.4) is 0 Å². The van der Waals surface area contributed by atoms with Crippen LogP contribution in [0.25, 0.3) is 6.08 Å². The van der Waals surface area contributed by atoms with Crippen molar-refractivity contribution in [1.29, 1.82) is 0 Å². The van der Waals surface area contributed by atoms with Crippen molar-refractivity contribution in [1.82, 2.24) is 4.90 Å². The lowest BCUT2D eigenvalue weighted by Crippen LogP contribution is -2.38. The minimum absolute atomic E-state index is 0.0308. The molecule has 0 bridgehead atoms. The van der Waals surface area contributed by atoms with Gasteiger partial charge in [-0.3, -0.25) is 4.79 Å². The van der Waals surface area contributed by atoms with Crippen LogP contribution in [0.1, 0.15) is 35.2 Å². The summed E-state index contributed by atoms with van der Waals surface area (Å²) in [6, 6.07) is 12.7. The fraction of sp³-hybridized carbons (Fsp3) is 0.318. The summed E-state index contributed by atoms with van der Waals surface area (Å²) in [6.45, 7) is 1.30. The van der Waals surface area contributed by atoms with Crippen molar-refractivity contribution >= 4 is 12.0 Å². The minimum atomic E-state index is -0.351. The Morgan fingerprint density at radius 1 is 1.19 bits per heavy atom. The van der Waals surface area contributed by atoms with E-state index in [0.29, 0.717) is 24.4 Å². The van der Waals surface area contributed by atoms with E-state index in [-0.39, 0.29) is 17.3 Å². The SMILES string of the molecule is COc1cc(C(=O)N2CCC[C@@]3(C=Cc4ccccc4O3)CC2)ccc1O. The van der Waals surface area contributed by atoms with E-state index in [4.69, 9.17) is 9.47 Å². The highest BCUT2D eigenvalue weighted by Gasteiger charge is 2.36. The van der Waals surface area contributed by atoms with Gasteiger partial charge in [0.05, 0.1) is 7.11 Å². The van der Waals surface area contributed by atoms with Crippen molar-refractivity contribution in [2.45, 2.75) is 24.9 Å². The zero-order chi connectivity index (χ0) is 18.9. The Kier molecular flexibility index (Phi) is 4.52. The third-order valence-corrected chi connectivity index (χ3v) is 5.35. The van der Waals surface area contributed by atoms with Gasteiger partial charge in [0, 0.05) is 30.6 Å². The number of fused-ring (bicyclic) bond motifs is 1. The number of phenolic OH excluding ortho intramolecular Hbond substituents is 1. The summed E-state index contributed by atoms with van der Waals surface area (Å²) in [7, 11) is 1.48. The number of ether oxygens (including phenoxy) is 2. The summed E-state index contributed by atoms with van der Waals surface area (Å²) in [5.41, 5.74) is 1.26. The maximum absolute atomic E-state index is 12.9. The molecule has 1 spiro atoms. The molecule has 0 aromatic heterocycles. The molecular formula is C22H23NO4. The highest BCUT2D eigenvalue weighted by Crippen LogP contribution is 2.37. The van der Waals surface area contributed by atoms with Crippen LogP contribution in [0.2, 0.25) is 0 Å². The van der Waals surface area contributed by atoms with E-state index in [1.807, 2.05) is 29.2 Å². The number of carbonyl (C=O) groups is 1. The molecule has 27 heavy (non-hydrogen) atoms. The number of para-hydroxylation sites is 1. The number of amides is 1. The number of rotatable bonds is 2. The quantitative estimate of drug-likeness (QED) is 0.878. The molecule has 1 fully saturated rings. The molecule has 1 atom stereocenters. The smallest absolute Gasteiger partial charge is 0.253 e. The highest BCUT2D eigenvalue weighted by atomic mass is 16.5. The zero-order valence-corrected chi connectivity index (χ0v) is 15.4. The number of hydrogen-bond acceptors (Lipinski definition) is 4. The van der Waals surface area contributed by atoms with Gasteiger partial charge in [-0.2, -0.15) is 0 Å². The monoisotopic (exact) mass is 365 g/mol. The molecule has 0 saturated carbocycles. The van der Waals surface area contributed by atoms with Gasteiger partial charge >= 0.3 is 0 Å². The maximum atomic E-state index is 12.9. The second-order valence-electron chi connectivity index (χ2n) is 7.07. The average Bonchev–Trinajstić information content (AvgIpc) is 2.90. The first-order valence-corrected chi connectivity index (χ1v) is 9.24. The fourth-order valence-electron chi connectivity index (χ4n) is 3.80. The van der Waals surface area contributed by atoms with Crippen LogP contribution in [0, 0.1) is 0 Å². The molecule has 2 aliphatic rings. The molecule has 4 rings (SSSR count). The Morgan fingerprint density at radius 3 is 2.89 bits per heavy atom. The number of aromatic hydroxyl groups is 1. The molecule has 5 nitrogen and oxygen atoms in total. The van der Waals surface area contributed by atoms with Crippen molar-refractivity contribution in [3.63, 3.8) is 0 Å². The van der Waals surface area contributed by atoms with Gasteiger partial charge < -0.3 is 19.5 Å². The number of phenols is 1. The Morgan fingerprint density at radius 2 is 2.04 bits per heavy atom. The summed E-state index contributed by atoms with van der Waals surface area (Å²) in [6.07, 6.45) is 6.76. The lowest BCUT2D eigenvalue weighted by atomic mass is 9.91.